The molecule has 50 heavy (non-hydrogen) atoms. The zero-order valence-corrected chi connectivity index (χ0v) is 27.2. The Morgan fingerprint density at radius 1 is 1.06 bits per heavy atom. The lowest BCUT2D eigenvalue weighted by Gasteiger charge is -2.45. The largest absolute Gasteiger partial charge is 0.478 e. The highest BCUT2D eigenvalue weighted by Gasteiger charge is 2.44. The number of aromatic nitrogens is 4. The number of halogens is 2. The molecule has 0 saturated heterocycles. The maximum atomic E-state index is 15.3. The van der Waals surface area contributed by atoms with E-state index in [0.717, 1.165) is 17.2 Å². The van der Waals surface area contributed by atoms with Gasteiger partial charge in [-0.1, -0.05) is 43.6 Å². The fourth-order valence-corrected chi connectivity index (χ4v) is 6.32. The van der Waals surface area contributed by atoms with Crippen LogP contribution in [0.2, 0.25) is 5.02 Å². The number of non-ortho nitro benzene ring substituents is 1. The number of nitrogens with one attached hydrogen (secondary N) is 1. The van der Waals surface area contributed by atoms with E-state index in [1.165, 1.54) is 70.5 Å². The summed E-state index contributed by atoms with van der Waals surface area (Å²) in [4.78, 5) is 51.9. The summed E-state index contributed by atoms with van der Waals surface area (Å²) in [5, 5.41) is 34.2. The predicted octanol–water partition coefficient (Wildman–Crippen LogP) is 6.24. The minimum absolute atomic E-state index is 0.0248. The lowest BCUT2D eigenvalue weighted by Crippen LogP contribution is -2.51. The van der Waals surface area contributed by atoms with Crippen molar-refractivity contribution in [2.24, 2.45) is 0 Å². The first-order chi connectivity index (χ1) is 23.9. The Bertz CT molecular complexity index is 2170. The third-order valence-corrected chi connectivity index (χ3v) is 8.66. The zero-order valence-electron chi connectivity index (χ0n) is 26.4. The fraction of sp³-hybridized carbons (Fsp3) is 0.143. The highest BCUT2D eigenvalue weighted by molar-refractivity contribution is 6.31. The molecule has 2 heterocycles. The van der Waals surface area contributed by atoms with Gasteiger partial charge in [-0.15, -0.1) is 5.10 Å². The lowest BCUT2D eigenvalue weighted by molar-refractivity contribution is -0.384. The van der Waals surface area contributed by atoms with Crippen molar-refractivity contribution in [1.29, 1.82) is 0 Å². The van der Waals surface area contributed by atoms with Crippen LogP contribution in [-0.2, 0) is 15.0 Å². The second-order valence-electron chi connectivity index (χ2n) is 12.1. The summed E-state index contributed by atoms with van der Waals surface area (Å²) in [6.07, 6.45) is 3.65. The van der Waals surface area contributed by atoms with E-state index in [9.17, 15) is 29.6 Å². The van der Waals surface area contributed by atoms with Crippen LogP contribution in [0.4, 0.5) is 15.8 Å². The number of benzene rings is 4. The third kappa shape index (κ3) is 6.43. The van der Waals surface area contributed by atoms with Crippen LogP contribution in [0.5, 0.6) is 0 Å². The van der Waals surface area contributed by atoms with E-state index in [4.69, 9.17) is 11.6 Å². The van der Waals surface area contributed by atoms with Crippen molar-refractivity contribution in [3.05, 3.63) is 134 Å². The van der Waals surface area contributed by atoms with Crippen LogP contribution < -0.4 is 5.32 Å². The van der Waals surface area contributed by atoms with E-state index in [2.05, 4.69) is 20.8 Å². The van der Waals surface area contributed by atoms with Crippen LogP contribution in [0, 0.1) is 15.9 Å². The fourth-order valence-electron chi connectivity index (χ4n) is 6.15. The molecule has 1 atom stereocenters. The average Bonchev–Trinajstić information content (AvgIpc) is 3.63. The number of fused-ring (bicyclic) bond motifs is 1. The van der Waals surface area contributed by atoms with E-state index >= 15 is 4.39 Å². The third-order valence-electron chi connectivity index (χ3n) is 8.36. The number of nitro benzene ring substituents is 1. The Balaban J connectivity index is 1.44. The van der Waals surface area contributed by atoms with Gasteiger partial charge >= 0.3 is 5.97 Å². The molecule has 13 nitrogen and oxygen atoms in total. The van der Waals surface area contributed by atoms with Gasteiger partial charge < -0.3 is 15.3 Å². The van der Waals surface area contributed by atoms with Crippen LogP contribution in [0.15, 0.2) is 91.3 Å². The molecule has 1 aromatic heterocycles. The highest BCUT2D eigenvalue weighted by atomic mass is 35.5. The van der Waals surface area contributed by atoms with E-state index in [1.54, 1.807) is 24.3 Å². The number of nitrogens with zero attached hydrogens (tertiary/aromatic N) is 6. The van der Waals surface area contributed by atoms with E-state index < -0.39 is 40.0 Å². The number of aromatic carboxylic acids is 1. The minimum atomic E-state index is -1.20. The van der Waals surface area contributed by atoms with Crippen LogP contribution in [0.1, 0.15) is 46.9 Å². The van der Waals surface area contributed by atoms with E-state index in [-0.39, 0.29) is 34.1 Å². The summed E-state index contributed by atoms with van der Waals surface area (Å²) in [5.74, 6) is -3.14. The van der Waals surface area contributed by atoms with Crippen LogP contribution in [0.3, 0.4) is 0 Å². The first-order valence-corrected chi connectivity index (χ1v) is 15.5. The molecule has 5 aromatic rings. The number of amides is 2. The van der Waals surface area contributed by atoms with Crippen molar-refractivity contribution in [3.8, 4) is 16.8 Å². The van der Waals surface area contributed by atoms with Crippen molar-refractivity contribution in [3.63, 3.8) is 0 Å². The van der Waals surface area contributed by atoms with Crippen molar-refractivity contribution >= 4 is 46.8 Å². The predicted molar refractivity (Wildman–Crippen MR) is 181 cm³/mol. The normalized spacial score (nSPS) is 15.0. The number of hydrogen-bond donors (Lipinski definition) is 2. The Hall–Kier alpha value is -6.28. The molecule has 1 aliphatic rings. The van der Waals surface area contributed by atoms with Gasteiger partial charge in [0.2, 0.25) is 5.91 Å². The highest BCUT2D eigenvalue weighted by Crippen LogP contribution is 2.45. The maximum Gasteiger partial charge on any atom is 0.335 e. The first kappa shape index (κ1) is 33.6. The van der Waals surface area contributed by atoms with Gasteiger partial charge in [0.15, 0.2) is 5.82 Å². The molecule has 1 unspecified atom stereocenters. The van der Waals surface area contributed by atoms with Gasteiger partial charge in [0.1, 0.15) is 12.4 Å². The van der Waals surface area contributed by atoms with Gasteiger partial charge in [-0.25, -0.2) is 9.18 Å². The SMILES string of the molecule is CC1(C)CN(C(=O)C=Cc2c(-n3cnnn3)ccc(Cl)c2F)C(C(=O)Nc2ccc(C(=O)O)cc2)c2cccc(-c3ccc([N+](=O)[O-])cc3)c21. The zero-order chi connectivity index (χ0) is 35.7. The maximum absolute atomic E-state index is 15.3. The molecular weight excluding hydrogens is 669 g/mol. The molecule has 0 aliphatic carbocycles. The molecule has 0 bridgehead atoms. The number of carboxylic acid groups (broad SMARTS) is 1. The van der Waals surface area contributed by atoms with Gasteiger partial charge in [0, 0.05) is 41.4 Å². The molecular formula is C35H27ClFN7O6. The number of tetrazole rings is 1. The number of carbonyl (C=O) groups is 3. The summed E-state index contributed by atoms with van der Waals surface area (Å²) in [6, 6.07) is 18.6. The van der Waals surface area contributed by atoms with Crippen LogP contribution in [-0.4, -0.2) is 59.5 Å². The number of carbonyl (C=O) groups excluding carboxylic acids is 2. The lowest BCUT2D eigenvalue weighted by atomic mass is 9.72. The number of anilines is 1. The molecule has 0 radical (unpaired) electrons. The molecule has 2 amide bonds. The van der Waals surface area contributed by atoms with Crippen molar-refractivity contribution in [2.45, 2.75) is 25.3 Å². The van der Waals surface area contributed by atoms with Gasteiger partial charge in [-0.05, 0) is 87.3 Å². The quantitative estimate of drug-likeness (QED) is 0.108. The van der Waals surface area contributed by atoms with Crippen molar-refractivity contribution in [1.82, 2.24) is 25.1 Å². The first-order valence-electron chi connectivity index (χ1n) is 15.1. The average molecular weight is 696 g/mol. The van der Waals surface area contributed by atoms with Gasteiger partial charge in [-0.2, -0.15) is 4.68 Å². The number of nitro groups is 1. The summed E-state index contributed by atoms with van der Waals surface area (Å²) in [5.41, 5.74) is 2.31. The Labute approximate surface area is 288 Å². The molecule has 0 fully saturated rings. The second-order valence-corrected chi connectivity index (χ2v) is 12.5. The van der Waals surface area contributed by atoms with E-state index in [0.29, 0.717) is 16.8 Å². The Morgan fingerprint density at radius 2 is 1.78 bits per heavy atom. The molecule has 6 rings (SSSR count). The Kier molecular flexibility index (Phi) is 8.95. The summed E-state index contributed by atoms with van der Waals surface area (Å²) < 4.78 is 16.6. The second kappa shape index (κ2) is 13.3. The van der Waals surface area contributed by atoms with Crippen molar-refractivity contribution in [2.75, 3.05) is 11.9 Å². The topological polar surface area (TPSA) is 173 Å². The summed E-state index contributed by atoms with van der Waals surface area (Å²) >= 11 is 6.08. The minimum Gasteiger partial charge on any atom is -0.478 e. The van der Waals surface area contributed by atoms with Crippen molar-refractivity contribution < 1.29 is 28.8 Å². The molecule has 4 aromatic carbocycles. The Morgan fingerprint density at radius 3 is 2.42 bits per heavy atom. The van der Waals surface area contributed by atoms with Gasteiger partial charge in [-0.3, -0.25) is 19.7 Å². The van der Waals surface area contributed by atoms with Crippen LogP contribution in [0.25, 0.3) is 22.9 Å². The molecule has 252 valence electrons. The summed E-state index contributed by atoms with van der Waals surface area (Å²) in [6.45, 7) is 3.87. The van der Waals surface area contributed by atoms with Crippen LogP contribution >= 0.6 is 11.6 Å². The number of hydrogen-bond acceptors (Lipinski definition) is 8. The monoisotopic (exact) mass is 695 g/mol. The summed E-state index contributed by atoms with van der Waals surface area (Å²) in [7, 11) is 0. The van der Waals surface area contributed by atoms with Gasteiger partial charge in [0.05, 0.1) is 21.2 Å². The van der Waals surface area contributed by atoms with E-state index in [1.807, 2.05) is 19.9 Å². The number of carboxylic acids is 1. The number of rotatable bonds is 8. The standard InChI is InChI=1S/C35H27ClFN7O6/c1-35(2)18-42(29(45)17-14-25-28(43-19-38-40-41-43)16-15-27(36)31(25)37)32(33(46)39-22-10-6-21(7-11-22)34(47)48)26-5-3-4-24(30(26)35)20-8-12-23(13-9-20)44(49)50/h3-17,19,32H,18H2,1-2H3,(H,39,46)(H,47,48). The molecule has 1 aliphatic heterocycles. The van der Waals surface area contributed by atoms with Gasteiger partial charge in [0.25, 0.3) is 11.6 Å². The molecule has 2 N–H and O–H groups in total. The molecule has 15 heteroatoms. The smallest absolute Gasteiger partial charge is 0.335 e. The molecule has 0 spiro atoms. The molecule has 0 saturated carbocycles.